The Morgan fingerprint density at radius 1 is 1.09 bits per heavy atom. The van der Waals surface area contributed by atoms with Gasteiger partial charge < -0.3 is 14.2 Å². The van der Waals surface area contributed by atoms with Crippen molar-refractivity contribution < 1.29 is 19.0 Å². The van der Waals surface area contributed by atoms with Gasteiger partial charge in [0.1, 0.15) is 6.61 Å². The quantitative estimate of drug-likeness (QED) is 0.335. The number of fused-ring (bicyclic) bond motifs is 1. The van der Waals surface area contributed by atoms with Crippen LogP contribution in [0.15, 0.2) is 30.9 Å². The molecule has 0 aromatic heterocycles. The predicted octanol–water partition coefficient (Wildman–Crippen LogP) is 4.77. The van der Waals surface area contributed by atoms with Crippen LogP contribution in [-0.2, 0) is 16.1 Å². The van der Waals surface area contributed by atoms with Gasteiger partial charge in [0.25, 0.3) is 0 Å². The summed E-state index contributed by atoms with van der Waals surface area (Å²) in [4.78, 5) is 11.7. The number of carbonyl (C=O) groups is 1. The van der Waals surface area contributed by atoms with Crippen LogP contribution in [0.4, 0.5) is 0 Å². The normalized spacial score (nSPS) is 12.2. The molecule has 2 rings (SSSR count). The summed E-state index contributed by atoms with van der Waals surface area (Å²) in [6, 6.07) is 5.60. The lowest BCUT2D eigenvalue weighted by molar-refractivity contribution is -0.145. The number of hydrogen-bond acceptors (Lipinski definition) is 4. The summed E-state index contributed by atoms with van der Waals surface area (Å²) in [5.41, 5.74) is 0.921. The summed E-state index contributed by atoms with van der Waals surface area (Å²) in [6.45, 7) is 4.26. The zero-order chi connectivity index (χ0) is 16.3. The molecule has 0 fully saturated rings. The van der Waals surface area contributed by atoms with Gasteiger partial charge in [0.2, 0.25) is 6.79 Å². The highest BCUT2D eigenvalue weighted by atomic mass is 16.7. The Labute approximate surface area is 138 Å². The number of allylic oxidation sites excluding steroid dienone is 1. The smallest absolute Gasteiger partial charge is 0.306 e. The maximum Gasteiger partial charge on any atom is 0.306 e. The molecule has 1 aromatic rings. The Morgan fingerprint density at radius 3 is 2.65 bits per heavy atom. The predicted molar refractivity (Wildman–Crippen MR) is 89.5 cm³/mol. The summed E-state index contributed by atoms with van der Waals surface area (Å²) >= 11 is 0. The van der Waals surface area contributed by atoms with Crippen molar-refractivity contribution in [2.75, 3.05) is 6.79 Å². The van der Waals surface area contributed by atoms with Gasteiger partial charge in [-0.2, -0.15) is 0 Å². The minimum Gasteiger partial charge on any atom is -0.461 e. The number of unbranched alkanes of at least 4 members (excludes halogenated alkanes) is 6. The van der Waals surface area contributed by atoms with Gasteiger partial charge in [-0.15, -0.1) is 6.58 Å². The molecule has 0 amide bonds. The fourth-order valence-electron chi connectivity index (χ4n) is 2.53. The van der Waals surface area contributed by atoms with Gasteiger partial charge in [-0.25, -0.2) is 0 Å². The third kappa shape index (κ3) is 6.35. The van der Waals surface area contributed by atoms with E-state index >= 15 is 0 Å². The van der Waals surface area contributed by atoms with Gasteiger partial charge in [-0.05, 0) is 37.0 Å². The van der Waals surface area contributed by atoms with Crippen LogP contribution in [0.1, 0.15) is 56.9 Å². The van der Waals surface area contributed by atoms with Crippen molar-refractivity contribution >= 4 is 5.97 Å². The molecule has 0 aliphatic carbocycles. The second-order valence-electron chi connectivity index (χ2n) is 5.80. The largest absolute Gasteiger partial charge is 0.461 e. The molecule has 1 aliphatic heterocycles. The van der Waals surface area contributed by atoms with E-state index in [9.17, 15) is 4.79 Å². The van der Waals surface area contributed by atoms with E-state index in [2.05, 4.69) is 6.58 Å². The molecule has 0 saturated heterocycles. The molecule has 0 unspecified atom stereocenters. The number of ether oxygens (including phenoxy) is 3. The standard InChI is InChI=1S/C19H26O4/c1-2-3-4-5-6-7-8-9-10-19(20)21-14-16-11-12-17-18(13-16)23-15-22-17/h2,11-13H,1,3-10,14-15H2. The van der Waals surface area contributed by atoms with Crippen LogP contribution < -0.4 is 9.47 Å². The molecule has 23 heavy (non-hydrogen) atoms. The molecular weight excluding hydrogens is 292 g/mol. The fourth-order valence-corrected chi connectivity index (χ4v) is 2.53. The summed E-state index contributed by atoms with van der Waals surface area (Å²) in [7, 11) is 0. The van der Waals surface area contributed by atoms with Gasteiger partial charge in [0.05, 0.1) is 0 Å². The fraction of sp³-hybridized carbons (Fsp3) is 0.526. The highest BCUT2D eigenvalue weighted by Crippen LogP contribution is 2.32. The third-order valence-corrected chi connectivity index (χ3v) is 3.88. The Hall–Kier alpha value is -1.97. The second-order valence-corrected chi connectivity index (χ2v) is 5.80. The summed E-state index contributed by atoms with van der Waals surface area (Å²) < 4.78 is 15.9. The molecular formula is C19H26O4. The first kappa shape index (κ1) is 17.4. The Balaban J connectivity index is 1.52. The molecule has 4 nitrogen and oxygen atoms in total. The van der Waals surface area contributed by atoms with E-state index in [0.29, 0.717) is 6.42 Å². The number of carbonyl (C=O) groups excluding carboxylic acids is 1. The van der Waals surface area contributed by atoms with Crippen LogP contribution in [-0.4, -0.2) is 12.8 Å². The zero-order valence-electron chi connectivity index (χ0n) is 13.7. The van der Waals surface area contributed by atoms with Gasteiger partial charge in [0.15, 0.2) is 11.5 Å². The third-order valence-electron chi connectivity index (χ3n) is 3.88. The van der Waals surface area contributed by atoms with Crippen LogP contribution in [0.3, 0.4) is 0 Å². The number of esters is 1. The van der Waals surface area contributed by atoms with Gasteiger partial charge in [0, 0.05) is 6.42 Å². The minimum atomic E-state index is -0.130. The maximum absolute atomic E-state index is 11.7. The summed E-state index contributed by atoms with van der Waals surface area (Å²) in [5.74, 6) is 1.33. The van der Waals surface area contributed by atoms with Gasteiger partial charge >= 0.3 is 5.97 Å². The molecule has 0 atom stereocenters. The van der Waals surface area contributed by atoms with Crippen molar-refractivity contribution in [1.29, 1.82) is 0 Å². The van der Waals surface area contributed by atoms with Gasteiger partial charge in [-0.1, -0.05) is 37.8 Å². The van der Waals surface area contributed by atoms with Crippen LogP contribution in [0.25, 0.3) is 0 Å². The lowest BCUT2D eigenvalue weighted by Crippen LogP contribution is -2.04. The number of rotatable bonds is 11. The van der Waals surface area contributed by atoms with E-state index in [1.54, 1.807) is 0 Å². The topological polar surface area (TPSA) is 44.8 Å². The minimum absolute atomic E-state index is 0.130. The monoisotopic (exact) mass is 318 g/mol. The molecule has 1 aromatic carbocycles. The van der Waals surface area contributed by atoms with E-state index < -0.39 is 0 Å². The van der Waals surface area contributed by atoms with Crippen LogP contribution in [0.2, 0.25) is 0 Å². The average Bonchev–Trinajstić information content (AvgIpc) is 3.03. The average molecular weight is 318 g/mol. The Morgan fingerprint density at radius 2 is 1.83 bits per heavy atom. The number of hydrogen-bond donors (Lipinski definition) is 0. The first-order valence-corrected chi connectivity index (χ1v) is 8.44. The van der Waals surface area contributed by atoms with Crippen molar-refractivity contribution in [2.45, 2.75) is 58.0 Å². The first-order valence-electron chi connectivity index (χ1n) is 8.44. The molecule has 0 bridgehead atoms. The van der Waals surface area contributed by atoms with Crippen molar-refractivity contribution in [3.63, 3.8) is 0 Å². The SMILES string of the molecule is C=CCCCCCCCCC(=O)OCc1ccc2c(c1)OCO2. The first-order chi connectivity index (χ1) is 11.3. The van der Waals surface area contributed by atoms with E-state index in [-0.39, 0.29) is 19.4 Å². The van der Waals surface area contributed by atoms with Crippen molar-refractivity contribution in [3.8, 4) is 11.5 Å². The van der Waals surface area contributed by atoms with Gasteiger partial charge in [-0.3, -0.25) is 4.79 Å². The van der Waals surface area contributed by atoms with Crippen molar-refractivity contribution in [2.24, 2.45) is 0 Å². The molecule has 4 heteroatoms. The van der Waals surface area contributed by atoms with E-state index in [1.807, 2.05) is 24.3 Å². The summed E-state index contributed by atoms with van der Waals surface area (Å²) in [6.07, 6.45) is 10.5. The second kappa shape index (κ2) is 9.93. The van der Waals surface area contributed by atoms with Crippen LogP contribution in [0, 0.1) is 0 Å². The van der Waals surface area contributed by atoms with Crippen molar-refractivity contribution in [3.05, 3.63) is 36.4 Å². The Kier molecular flexibility index (Phi) is 7.50. The van der Waals surface area contributed by atoms with E-state index in [1.165, 1.54) is 25.7 Å². The summed E-state index contributed by atoms with van der Waals surface area (Å²) in [5, 5.41) is 0. The van der Waals surface area contributed by atoms with Crippen LogP contribution in [0.5, 0.6) is 11.5 Å². The van der Waals surface area contributed by atoms with E-state index in [4.69, 9.17) is 14.2 Å². The maximum atomic E-state index is 11.7. The van der Waals surface area contributed by atoms with Crippen molar-refractivity contribution in [1.82, 2.24) is 0 Å². The van der Waals surface area contributed by atoms with E-state index in [0.717, 1.165) is 36.3 Å². The molecule has 0 N–H and O–H groups in total. The molecule has 126 valence electrons. The lowest BCUT2D eigenvalue weighted by Gasteiger charge is -2.06. The highest BCUT2D eigenvalue weighted by molar-refractivity contribution is 5.69. The highest BCUT2D eigenvalue weighted by Gasteiger charge is 2.13. The van der Waals surface area contributed by atoms with Crippen LogP contribution >= 0.6 is 0 Å². The number of benzene rings is 1. The lowest BCUT2D eigenvalue weighted by atomic mass is 10.1. The Bertz CT molecular complexity index is 510. The zero-order valence-corrected chi connectivity index (χ0v) is 13.7. The molecule has 1 aliphatic rings. The molecule has 0 radical (unpaired) electrons. The molecule has 0 spiro atoms. The molecule has 1 heterocycles. The molecule has 0 saturated carbocycles.